The van der Waals surface area contributed by atoms with Crippen LogP contribution in [0.2, 0.25) is 0 Å². The van der Waals surface area contributed by atoms with E-state index < -0.39 is 0 Å². The van der Waals surface area contributed by atoms with Gasteiger partial charge in [-0.2, -0.15) is 0 Å². The van der Waals surface area contributed by atoms with Gasteiger partial charge in [-0.15, -0.1) is 0 Å². The van der Waals surface area contributed by atoms with Crippen molar-refractivity contribution in [2.45, 2.75) is 40.0 Å². The first-order chi connectivity index (χ1) is 27.3. The van der Waals surface area contributed by atoms with Crippen LogP contribution in [-0.2, 0) is 5.41 Å². The van der Waals surface area contributed by atoms with Crippen LogP contribution in [0.15, 0.2) is 200 Å². The van der Waals surface area contributed by atoms with Crippen molar-refractivity contribution in [3.63, 3.8) is 0 Å². The molecule has 8 aromatic carbocycles. The van der Waals surface area contributed by atoms with E-state index in [4.69, 9.17) is 0 Å². The van der Waals surface area contributed by atoms with Crippen LogP contribution in [0.1, 0.15) is 41.7 Å². The summed E-state index contributed by atoms with van der Waals surface area (Å²) in [5, 5.41) is 0. The van der Waals surface area contributed by atoms with Crippen LogP contribution in [0.5, 0.6) is 0 Å². The average Bonchev–Trinajstić information content (AvgIpc) is 3.44. The van der Waals surface area contributed by atoms with Gasteiger partial charge in [-0.25, -0.2) is 0 Å². The van der Waals surface area contributed by atoms with E-state index in [0.717, 1.165) is 28.4 Å². The molecule has 0 fully saturated rings. The summed E-state index contributed by atoms with van der Waals surface area (Å²) in [7, 11) is 0. The first-order valence-electron chi connectivity index (χ1n) is 19.5. The van der Waals surface area contributed by atoms with Crippen molar-refractivity contribution in [2.24, 2.45) is 0 Å². The van der Waals surface area contributed by atoms with Gasteiger partial charge in [-0.3, -0.25) is 0 Å². The van der Waals surface area contributed by atoms with E-state index in [0.29, 0.717) is 0 Å². The molecule has 0 aromatic heterocycles. The molecule has 0 amide bonds. The molecule has 2 heteroatoms. The second-order valence-corrected chi connectivity index (χ2v) is 15.2. The number of para-hydroxylation sites is 4. The summed E-state index contributed by atoms with van der Waals surface area (Å²) in [6, 6.07) is 71.6. The van der Waals surface area contributed by atoms with Crippen molar-refractivity contribution >= 4 is 34.1 Å². The van der Waals surface area contributed by atoms with Gasteiger partial charge in [0, 0.05) is 39.5 Å². The maximum Gasteiger partial charge on any atom is 0.0465 e. The summed E-state index contributed by atoms with van der Waals surface area (Å²) in [5.74, 6) is 0. The molecule has 8 aromatic rings. The van der Waals surface area contributed by atoms with Gasteiger partial charge in [-0.1, -0.05) is 141 Å². The van der Waals surface area contributed by atoms with Gasteiger partial charge in [0.2, 0.25) is 0 Å². The molecule has 0 aliphatic heterocycles. The van der Waals surface area contributed by atoms with Crippen LogP contribution < -0.4 is 9.80 Å². The van der Waals surface area contributed by atoms with Crippen molar-refractivity contribution in [2.75, 3.05) is 9.80 Å². The van der Waals surface area contributed by atoms with E-state index in [2.05, 4.69) is 226 Å². The molecule has 0 heterocycles. The van der Waals surface area contributed by atoms with Crippen molar-refractivity contribution in [1.29, 1.82) is 0 Å². The maximum absolute atomic E-state index is 2.46. The highest BCUT2D eigenvalue weighted by Crippen LogP contribution is 2.52. The van der Waals surface area contributed by atoms with Crippen LogP contribution >= 0.6 is 0 Å². The van der Waals surface area contributed by atoms with Crippen molar-refractivity contribution in [3.05, 3.63) is 228 Å². The highest BCUT2D eigenvalue weighted by Gasteiger charge is 2.37. The number of hydrogen-bond donors (Lipinski definition) is 0. The summed E-state index contributed by atoms with van der Waals surface area (Å²) in [6.07, 6.45) is 0. The van der Waals surface area contributed by atoms with Gasteiger partial charge in [0.15, 0.2) is 0 Å². The minimum Gasteiger partial charge on any atom is -0.310 e. The predicted molar refractivity (Wildman–Crippen MR) is 239 cm³/mol. The minimum absolute atomic E-state index is 0.159. The Balaban J connectivity index is 0.000000570. The van der Waals surface area contributed by atoms with Gasteiger partial charge in [-0.05, 0) is 144 Å². The Morgan fingerprint density at radius 2 is 0.679 bits per heavy atom. The van der Waals surface area contributed by atoms with Gasteiger partial charge in [0.05, 0.1) is 0 Å². The molecule has 0 saturated carbocycles. The molecule has 0 bridgehead atoms. The van der Waals surface area contributed by atoms with Crippen LogP contribution in [-0.4, -0.2) is 0 Å². The quantitative estimate of drug-likeness (QED) is 0.161. The van der Waals surface area contributed by atoms with Gasteiger partial charge >= 0.3 is 0 Å². The van der Waals surface area contributed by atoms with Crippen molar-refractivity contribution in [1.82, 2.24) is 0 Å². The van der Waals surface area contributed by atoms with E-state index in [9.17, 15) is 0 Å². The highest BCUT2D eigenvalue weighted by molar-refractivity contribution is 5.89. The molecular formula is C54H48N2. The average molecular weight is 725 g/mol. The van der Waals surface area contributed by atoms with E-state index >= 15 is 0 Å². The predicted octanol–water partition coefficient (Wildman–Crippen LogP) is 15.2. The Bertz CT molecular complexity index is 2480. The molecule has 56 heavy (non-hydrogen) atoms. The number of anilines is 6. The number of nitrogens with zero attached hydrogens (tertiary/aromatic N) is 2. The SMILES string of the molecule is Cc1cc(N(c2ccccc2)c2ccccc2)ccc1-c1cc2c(cc1C)-c1ccc(N(c3ccccc3)c3ccccc3)cc1C2(C)C.Cc1ccccc1. The summed E-state index contributed by atoms with van der Waals surface area (Å²) in [6.45, 7) is 11.3. The smallest absolute Gasteiger partial charge is 0.0465 e. The number of aryl methyl sites for hydroxylation is 3. The van der Waals surface area contributed by atoms with Crippen molar-refractivity contribution < 1.29 is 0 Å². The molecule has 0 unspecified atom stereocenters. The number of benzene rings is 8. The summed E-state index contributed by atoms with van der Waals surface area (Å²) >= 11 is 0. The largest absolute Gasteiger partial charge is 0.310 e. The zero-order valence-electron chi connectivity index (χ0n) is 32.9. The lowest BCUT2D eigenvalue weighted by atomic mass is 9.80. The van der Waals surface area contributed by atoms with E-state index in [1.54, 1.807) is 0 Å². The Hall–Kier alpha value is -6.64. The molecule has 1 aliphatic rings. The van der Waals surface area contributed by atoms with Gasteiger partial charge < -0.3 is 9.80 Å². The molecule has 1 aliphatic carbocycles. The zero-order chi connectivity index (χ0) is 38.6. The summed E-state index contributed by atoms with van der Waals surface area (Å²) in [5.41, 5.74) is 18.6. The van der Waals surface area contributed by atoms with Crippen LogP contribution in [0.4, 0.5) is 34.1 Å². The Kier molecular flexibility index (Phi) is 10.1. The monoisotopic (exact) mass is 724 g/mol. The number of hydrogen-bond acceptors (Lipinski definition) is 2. The second-order valence-electron chi connectivity index (χ2n) is 15.2. The molecule has 0 atom stereocenters. The third-order valence-corrected chi connectivity index (χ3v) is 11.0. The number of fused-ring (bicyclic) bond motifs is 3. The fourth-order valence-corrected chi connectivity index (χ4v) is 8.13. The third-order valence-electron chi connectivity index (χ3n) is 11.0. The first kappa shape index (κ1) is 36.3. The van der Waals surface area contributed by atoms with Crippen molar-refractivity contribution in [3.8, 4) is 22.3 Å². The maximum atomic E-state index is 2.46. The Labute approximate surface area is 333 Å². The van der Waals surface area contributed by atoms with E-state index in [1.807, 2.05) is 18.2 Å². The molecule has 0 N–H and O–H groups in total. The van der Waals surface area contributed by atoms with Crippen LogP contribution in [0.25, 0.3) is 22.3 Å². The topological polar surface area (TPSA) is 6.48 Å². The lowest BCUT2D eigenvalue weighted by Gasteiger charge is -2.28. The lowest BCUT2D eigenvalue weighted by molar-refractivity contribution is 0.660. The summed E-state index contributed by atoms with van der Waals surface area (Å²) in [4.78, 5) is 4.69. The molecule has 274 valence electrons. The molecule has 9 rings (SSSR count). The Morgan fingerprint density at radius 3 is 1.09 bits per heavy atom. The number of rotatable bonds is 7. The minimum atomic E-state index is -0.159. The Morgan fingerprint density at radius 1 is 0.304 bits per heavy atom. The van der Waals surface area contributed by atoms with E-state index in [-0.39, 0.29) is 5.41 Å². The van der Waals surface area contributed by atoms with Gasteiger partial charge in [0.1, 0.15) is 0 Å². The van der Waals surface area contributed by atoms with Crippen LogP contribution in [0.3, 0.4) is 0 Å². The lowest BCUT2D eigenvalue weighted by Crippen LogP contribution is -2.17. The van der Waals surface area contributed by atoms with E-state index in [1.165, 1.54) is 55.8 Å². The first-order valence-corrected chi connectivity index (χ1v) is 19.5. The summed E-state index contributed by atoms with van der Waals surface area (Å²) < 4.78 is 0. The molecule has 0 spiro atoms. The fraction of sp³-hybridized carbons (Fsp3) is 0.111. The zero-order valence-corrected chi connectivity index (χ0v) is 32.9. The standard InChI is InChI=1S/C47H40N2.C7H8/c1-33-29-39(48(35-17-9-5-10-18-35)36-19-11-6-12-20-36)25-27-41(33)43-32-46-44(30-34(43)2)42-28-26-40(31-45(42)47(46,3)4)49(37-21-13-7-14-22-37)38-23-15-8-16-24-38;1-7-5-3-2-4-6-7/h5-32H,1-4H3;2-6H,1H3. The molecular weight excluding hydrogens is 677 g/mol. The molecule has 0 saturated heterocycles. The molecule has 0 radical (unpaired) electrons. The van der Waals surface area contributed by atoms with Crippen LogP contribution in [0, 0.1) is 20.8 Å². The molecule has 2 nitrogen and oxygen atoms in total. The highest BCUT2D eigenvalue weighted by atomic mass is 15.1. The normalized spacial score (nSPS) is 12.2. The van der Waals surface area contributed by atoms with Gasteiger partial charge in [0.25, 0.3) is 0 Å². The third kappa shape index (κ3) is 7.14. The second kappa shape index (κ2) is 15.6. The fourth-order valence-electron chi connectivity index (χ4n) is 8.13.